The summed E-state index contributed by atoms with van der Waals surface area (Å²) in [6, 6.07) is 7.25. The van der Waals surface area contributed by atoms with Crippen molar-refractivity contribution in [3.8, 4) is 22.8 Å². The zero-order valence-electron chi connectivity index (χ0n) is 14.9. The van der Waals surface area contributed by atoms with Gasteiger partial charge in [0, 0.05) is 31.7 Å². The van der Waals surface area contributed by atoms with Crippen molar-refractivity contribution < 1.29 is 23.8 Å². The first kappa shape index (κ1) is 17.2. The van der Waals surface area contributed by atoms with Gasteiger partial charge in [0.25, 0.3) is 5.91 Å². The lowest BCUT2D eigenvalue weighted by Crippen LogP contribution is -2.50. The number of hydrogen-bond donors (Lipinski definition) is 1. The smallest absolute Gasteiger partial charge is 0.409 e. The number of piperazine rings is 1. The second-order valence-electron chi connectivity index (χ2n) is 6.21. The zero-order chi connectivity index (χ0) is 18.8. The number of amides is 2. The van der Waals surface area contributed by atoms with E-state index in [1.54, 1.807) is 22.8 Å². The van der Waals surface area contributed by atoms with E-state index in [0.717, 1.165) is 5.56 Å². The van der Waals surface area contributed by atoms with Crippen molar-refractivity contribution in [1.82, 2.24) is 20.0 Å². The molecule has 0 aliphatic carbocycles. The first-order valence-electron chi connectivity index (χ1n) is 8.82. The van der Waals surface area contributed by atoms with Crippen LogP contribution in [0.15, 0.2) is 24.3 Å². The molecule has 4 rings (SSSR count). The Hall–Kier alpha value is -3.23. The van der Waals surface area contributed by atoms with Crippen molar-refractivity contribution in [2.75, 3.05) is 39.6 Å². The van der Waals surface area contributed by atoms with Crippen molar-refractivity contribution >= 4 is 12.0 Å². The SMILES string of the molecule is CCOC(=O)N1CCN(C(=O)c2cc(-c3ccc4c(c3)OCO4)n[nH]2)CC1. The highest BCUT2D eigenvalue weighted by Gasteiger charge is 2.26. The predicted molar refractivity (Wildman–Crippen MR) is 94.6 cm³/mol. The maximum absolute atomic E-state index is 12.7. The molecule has 0 radical (unpaired) electrons. The Kier molecular flexibility index (Phi) is 4.57. The molecule has 2 aliphatic rings. The lowest BCUT2D eigenvalue weighted by Gasteiger charge is -2.33. The molecule has 0 saturated carbocycles. The van der Waals surface area contributed by atoms with Crippen LogP contribution in [0.5, 0.6) is 11.5 Å². The maximum atomic E-state index is 12.7. The molecule has 1 fully saturated rings. The molecule has 1 saturated heterocycles. The minimum Gasteiger partial charge on any atom is -0.454 e. The second kappa shape index (κ2) is 7.18. The van der Waals surface area contributed by atoms with E-state index < -0.39 is 0 Å². The van der Waals surface area contributed by atoms with E-state index >= 15 is 0 Å². The summed E-state index contributed by atoms with van der Waals surface area (Å²) in [6.07, 6.45) is -0.337. The minimum atomic E-state index is -0.337. The van der Waals surface area contributed by atoms with Crippen molar-refractivity contribution in [3.05, 3.63) is 30.0 Å². The van der Waals surface area contributed by atoms with Crippen LogP contribution in [0.25, 0.3) is 11.3 Å². The number of fused-ring (bicyclic) bond motifs is 1. The van der Waals surface area contributed by atoms with Gasteiger partial charge in [-0.2, -0.15) is 5.10 Å². The molecule has 9 heteroatoms. The third-order valence-electron chi connectivity index (χ3n) is 4.57. The number of rotatable bonds is 3. The van der Waals surface area contributed by atoms with Crippen molar-refractivity contribution in [2.24, 2.45) is 0 Å². The van der Waals surface area contributed by atoms with Gasteiger partial charge < -0.3 is 24.0 Å². The molecule has 1 aromatic carbocycles. The average Bonchev–Trinajstić information content (AvgIpc) is 3.36. The summed E-state index contributed by atoms with van der Waals surface area (Å²) in [5.41, 5.74) is 1.90. The van der Waals surface area contributed by atoms with Gasteiger partial charge in [-0.05, 0) is 31.2 Å². The summed E-state index contributed by atoms with van der Waals surface area (Å²) in [5.74, 6) is 1.22. The number of carbonyl (C=O) groups is 2. The molecule has 2 aromatic rings. The Bertz CT molecular complexity index is 857. The van der Waals surface area contributed by atoms with E-state index in [4.69, 9.17) is 14.2 Å². The van der Waals surface area contributed by atoms with Crippen LogP contribution in [0.4, 0.5) is 4.79 Å². The molecule has 1 aromatic heterocycles. The van der Waals surface area contributed by atoms with Gasteiger partial charge in [0.15, 0.2) is 11.5 Å². The van der Waals surface area contributed by atoms with Crippen LogP contribution < -0.4 is 9.47 Å². The summed E-state index contributed by atoms with van der Waals surface area (Å²) < 4.78 is 15.7. The Morgan fingerprint density at radius 1 is 1.11 bits per heavy atom. The van der Waals surface area contributed by atoms with Crippen molar-refractivity contribution in [3.63, 3.8) is 0 Å². The maximum Gasteiger partial charge on any atom is 0.409 e. The monoisotopic (exact) mass is 372 g/mol. The molecule has 0 spiro atoms. The van der Waals surface area contributed by atoms with Crippen LogP contribution in [0, 0.1) is 0 Å². The largest absolute Gasteiger partial charge is 0.454 e. The Labute approximate surface area is 155 Å². The first-order valence-corrected chi connectivity index (χ1v) is 8.82. The number of hydrogen-bond acceptors (Lipinski definition) is 6. The summed E-state index contributed by atoms with van der Waals surface area (Å²) in [4.78, 5) is 27.8. The molecule has 3 heterocycles. The third kappa shape index (κ3) is 3.40. The van der Waals surface area contributed by atoms with Crippen molar-refractivity contribution in [2.45, 2.75) is 6.92 Å². The van der Waals surface area contributed by atoms with Crippen LogP contribution in [0.1, 0.15) is 17.4 Å². The number of aromatic amines is 1. The third-order valence-corrected chi connectivity index (χ3v) is 4.57. The van der Waals surface area contributed by atoms with E-state index in [-0.39, 0.29) is 18.8 Å². The molecule has 2 amide bonds. The van der Waals surface area contributed by atoms with E-state index in [1.807, 2.05) is 18.2 Å². The topological polar surface area (TPSA) is 97.0 Å². The van der Waals surface area contributed by atoms with Gasteiger partial charge in [-0.3, -0.25) is 9.89 Å². The van der Waals surface area contributed by atoms with E-state index in [1.165, 1.54) is 0 Å². The number of nitrogens with zero attached hydrogens (tertiary/aromatic N) is 3. The van der Waals surface area contributed by atoms with Gasteiger partial charge in [0.1, 0.15) is 5.69 Å². The number of benzene rings is 1. The highest BCUT2D eigenvalue weighted by atomic mass is 16.7. The Morgan fingerprint density at radius 2 is 1.85 bits per heavy atom. The second-order valence-corrected chi connectivity index (χ2v) is 6.21. The number of H-pyrrole nitrogens is 1. The molecule has 2 aliphatic heterocycles. The lowest BCUT2D eigenvalue weighted by molar-refractivity contribution is 0.0566. The van der Waals surface area contributed by atoms with Crippen LogP contribution in [0.3, 0.4) is 0 Å². The lowest BCUT2D eigenvalue weighted by atomic mass is 10.1. The molecule has 1 N–H and O–H groups in total. The standard InChI is InChI=1S/C18H20N4O5/c1-2-25-18(24)22-7-5-21(6-8-22)17(23)14-10-13(19-20-14)12-3-4-15-16(9-12)27-11-26-15/h3-4,9-10H,2,5-8,11H2,1H3,(H,19,20). The summed E-state index contributed by atoms with van der Waals surface area (Å²) in [5, 5.41) is 7.05. The molecule has 0 atom stereocenters. The summed E-state index contributed by atoms with van der Waals surface area (Å²) in [6.45, 7) is 4.14. The van der Waals surface area contributed by atoms with Crippen LogP contribution in [-0.4, -0.2) is 71.6 Å². The number of nitrogens with one attached hydrogen (secondary N) is 1. The van der Waals surface area contributed by atoms with Gasteiger partial charge in [-0.15, -0.1) is 0 Å². The molecule has 27 heavy (non-hydrogen) atoms. The molecule has 0 bridgehead atoms. The predicted octanol–water partition coefficient (Wildman–Crippen LogP) is 1.72. The van der Waals surface area contributed by atoms with Crippen LogP contribution >= 0.6 is 0 Å². The zero-order valence-corrected chi connectivity index (χ0v) is 14.9. The quantitative estimate of drug-likeness (QED) is 0.881. The van der Waals surface area contributed by atoms with Gasteiger partial charge in [-0.25, -0.2) is 4.79 Å². The number of carbonyl (C=O) groups excluding carboxylic acids is 2. The van der Waals surface area contributed by atoms with Crippen molar-refractivity contribution in [1.29, 1.82) is 0 Å². The van der Waals surface area contributed by atoms with Gasteiger partial charge in [0.05, 0.1) is 12.3 Å². The van der Waals surface area contributed by atoms with Gasteiger partial charge >= 0.3 is 6.09 Å². The molecular formula is C18H20N4O5. The fourth-order valence-electron chi connectivity index (χ4n) is 3.11. The minimum absolute atomic E-state index is 0.141. The fraction of sp³-hybridized carbons (Fsp3) is 0.389. The summed E-state index contributed by atoms with van der Waals surface area (Å²) in [7, 11) is 0. The van der Waals surface area contributed by atoms with Gasteiger partial charge in [-0.1, -0.05) is 0 Å². The molecule has 9 nitrogen and oxygen atoms in total. The van der Waals surface area contributed by atoms with Gasteiger partial charge in [0.2, 0.25) is 6.79 Å². The normalized spacial score (nSPS) is 15.7. The molecular weight excluding hydrogens is 352 g/mol. The number of aromatic nitrogens is 2. The van der Waals surface area contributed by atoms with E-state index in [0.29, 0.717) is 55.7 Å². The van der Waals surface area contributed by atoms with Crippen LogP contribution in [-0.2, 0) is 4.74 Å². The highest BCUT2D eigenvalue weighted by molar-refractivity contribution is 5.93. The number of ether oxygens (including phenoxy) is 3. The van der Waals surface area contributed by atoms with Crippen LogP contribution in [0.2, 0.25) is 0 Å². The molecule has 0 unspecified atom stereocenters. The molecule has 142 valence electrons. The first-order chi connectivity index (χ1) is 13.2. The Balaban J connectivity index is 1.41. The highest BCUT2D eigenvalue weighted by Crippen LogP contribution is 2.35. The Morgan fingerprint density at radius 3 is 2.63 bits per heavy atom. The summed E-state index contributed by atoms with van der Waals surface area (Å²) >= 11 is 0. The average molecular weight is 372 g/mol. The fourth-order valence-corrected chi connectivity index (χ4v) is 3.11. The van der Waals surface area contributed by atoms with E-state index in [9.17, 15) is 9.59 Å². The van der Waals surface area contributed by atoms with E-state index in [2.05, 4.69) is 10.2 Å².